The van der Waals surface area contributed by atoms with E-state index in [2.05, 4.69) is 20.5 Å². The first-order valence-corrected chi connectivity index (χ1v) is 9.57. The Hall–Kier alpha value is -3.28. The van der Waals surface area contributed by atoms with Gasteiger partial charge in [0.2, 0.25) is 11.8 Å². The number of benzene rings is 1. The minimum atomic E-state index is -4.57. The maximum absolute atomic E-state index is 13.0. The molecule has 1 aliphatic rings. The third-order valence-electron chi connectivity index (χ3n) is 4.32. The number of alkyl halides is 3. The highest BCUT2D eigenvalue weighted by molar-refractivity contribution is 8.00. The molecule has 3 aromatic rings. The van der Waals surface area contributed by atoms with Crippen LogP contribution in [0.3, 0.4) is 0 Å². The highest BCUT2D eigenvalue weighted by Gasteiger charge is 2.35. The van der Waals surface area contributed by atoms with Crippen molar-refractivity contribution in [2.75, 3.05) is 16.8 Å². The van der Waals surface area contributed by atoms with Gasteiger partial charge in [0, 0.05) is 6.20 Å². The van der Waals surface area contributed by atoms with Gasteiger partial charge in [-0.05, 0) is 37.3 Å². The van der Waals surface area contributed by atoms with E-state index in [4.69, 9.17) is 4.42 Å². The van der Waals surface area contributed by atoms with Crippen LogP contribution in [0.15, 0.2) is 46.2 Å². The monoisotopic (exact) mass is 437 g/mol. The summed E-state index contributed by atoms with van der Waals surface area (Å²) in [5, 5.41) is 9.58. The van der Waals surface area contributed by atoms with Crippen LogP contribution in [0.2, 0.25) is 0 Å². The Morgan fingerprint density at radius 3 is 2.80 bits per heavy atom. The molecule has 0 bridgehead atoms. The van der Waals surface area contributed by atoms with E-state index >= 15 is 0 Å². The highest BCUT2D eigenvalue weighted by atomic mass is 32.2. The molecule has 8 nitrogen and oxygen atoms in total. The van der Waals surface area contributed by atoms with E-state index < -0.39 is 28.8 Å². The van der Waals surface area contributed by atoms with Crippen LogP contribution < -0.4 is 10.2 Å². The normalized spacial score (nSPS) is 14.9. The minimum Gasteiger partial charge on any atom is -0.410 e. The molecule has 1 atom stereocenters. The summed E-state index contributed by atoms with van der Waals surface area (Å²) >= 11 is 0.990. The number of carbonyl (C=O) groups is 2. The van der Waals surface area contributed by atoms with E-state index in [0.29, 0.717) is 5.69 Å². The molecular formula is C18H14F3N5O3S. The molecule has 1 aliphatic heterocycles. The zero-order chi connectivity index (χ0) is 21.5. The van der Waals surface area contributed by atoms with Gasteiger partial charge in [-0.25, -0.2) is 0 Å². The molecule has 3 heterocycles. The van der Waals surface area contributed by atoms with Crippen molar-refractivity contribution < 1.29 is 27.2 Å². The fraction of sp³-hybridized carbons (Fsp3) is 0.222. The van der Waals surface area contributed by atoms with Gasteiger partial charge < -0.3 is 14.7 Å². The molecule has 0 fully saturated rings. The topological polar surface area (TPSA) is 104 Å². The van der Waals surface area contributed by atoms with Crippen LogP contribution in [0.25, 0.3) is 11.6 Å². The number of fused-ring (bicyclic) bond motifs is 1. The second kappa shape index (κ2) is 7.52. The molecule has 1 aromatic carbocycles. The van der Waals surface area contributed by atoms with Gasteiger partial charge in [0.05, 0.1) is 22.2 Å². The van der Waals surface area contributed by atoms with Crippen LogP contribution in [0, 0.1) is 0 Å². The SMILES string of the molecule is C[C@H](Sc1nnc(-c2ccc[nH]2)o1)C(=O)N1CC(=O)Nc2cc(C(F)(F)F)ccc21. The van der Waals surface area contributed by atoms with Crippen molar-refractivity contribution in [3.63, 3.8) is 0 Å². The molecule has 0 saturated carbocycles. The Kier molecular flexibility index (Phi) is 5.02. The molecule has 0 aliphatic carbocycles. The molecule has 4 rings (SSSR count). The predicted octanol–water partition coefficient (Wildman–Crippen LogP) is 3.55. The molecule has 2 amide bonds. The highest BCUT2D eigenvalue weighted by Crippen LogP contribution is 2.38. The number of aromatic nitrogens is 3. The maximum atomic E-state index is 13.0. The molecule has 2 N–H and O–H groups in total. The molecule has 0 spiro atoms. The Bertz CT molecular complexity index is 1100. The number of carbonyl (C=O) groups excluding carboxylic acids is 2. The van der Waals surface area contributed by atoms with Crippen LogP contribution in [0.4, 0.5) is 24.5 Å². The van der Waals surface area contributed by atoms with Crippen molar-refractivity contribution in [1.82, 2.24) is 15.2 Å². The van der Waals surface area contributed by atoms with E-state index in [1.165, 1.54) is 6.07 Å². The van der Waals surface area contributed by atoms with E-state index in [9.17, 15) is 22.8 Å². The molecule has 30 heavy (non-hydrogen) atoms. The summed E-state index contributed by atoms with van der Waals surface area (Å²) in [6.07, 6.45) is -2.87. The van der Waals surface area contributed by atoms with Gasteiger partial charge >= 0.3 is 6.18 Å². The molecule has 12 heteroatoms. The molecule has 0 saturated heterocycles. The Morgan fingerprint density at radius 2 is 2.10 bits per heavy atom. The van der Waals surface area contributed by atoms with Gasteiger partial charge in [-0.1, -0.05) is 11.8 Å². The van der Waals surface area contributed by atoms with Crippen molar-refractivity contribution in [1.29, 1.82) is 0 Å². The molecule has 2 aromatic heterocycles. The number of hydrogen-bond donors (Lipinski definition) is 2. The number of thioether (sulfide) groups is 1. The number of H-pyrrole nitrogens is 1. The number of aromatic amines is 1. The second-order valence-corrected chi connectivity index (χ2v) is 7.71. The lowest BCUT2D eigenvalue weighted by molar-refractivity contribution is -0.137. The van der Waals surface area contributed by atoms with Crippen molar-refractivity contribution >= 4 is 35.0 Å². The quantitative estimate of drug-likeness (QED) is 0.605. The number of amides is 2. The number of nitrogens with one attached hydrogen (secondary N) is 2. The summed E-state index contributed by atoms with van der Waals surface area (Å²) in [4.78, 5) is 29.0. The van der Waals surface area contributed by atoms with Crippen molar-refractivity contribution in [3.8, 4) is 11.6 Å². The summed E-state index contributed by atoms with van der Waals surface area (Å²) in [6, 6.07) is 6.36. The number of nitrogens with zero attached hydrogens (tertiary/aromatic N) is 3. The Morgan fingerprint density at radius 1 is 1.30 bits per heavy atom. The lowest BCUT2D eigenvalue weighted by Crippen LogP contribution is -2.45. The van der Waals surface area contributed by atoms with Crippen LogP contribution in [-0.2, 0) is 15.8 Å². The summed E-state index contributed by atoms with van der Waals surface area (Å²) in [5.74, 6) is -0.806. The smallest absolute Gasteiger partial charge is 0.410 e. The van der Waals surface area contributed by atoms with E-state index in [1.54, 1.807) is 25.3 Å². The molecule has 0 radical (unpaired) electrons. The lowest BCUT2D eigenvalue weighted by Gasteiger charge is -2.31. The zero-order valence-corrected chi connectivity index (χ0v) is 16.2. The number of rotatable bonds is 4. The maximum Gasteiger partial charge on any atom is 0.416 e. The van der Waals surface area contributed by atoms with Gasteiger partial charge in [0.1, 0.15) is 12.2 Å². The fourth-order valence-electron chi connectivity index (χ4n) is 2.91. The van der Waals surface area contributed by atoms with Crippen molar-refractivity contribution in [3.05, 3.63) is 42.1 Å². The first kappa shape index (κ1) is 20.0. The average molecular weight is 437 g/mol. The third-order valence-corrected chi connectivity index (χ3v) is 5.24. The molecular weight excluding hydrogens is 423 g/mol. The summed E-state index contributed by atoms with van der Waals surface area (Å²) in [7, 11) is 0. The number of halogens is 3. The number of anilines is 2. The summed E-state index contributed by atoms with van der Waals surface area (Å²) in [5.41, 5.74) is -0.174. The largest absolute Gasteiger partial charge is 0.416 e. The van der Waals surface area contributed by atoms with Gasteiger partial charge in [-0.2, -0.15) is 13.2 Å². The molecule has 156 valence electrons. The fourth-order valence-corrected chi connectivity index (χ4v) is 3.66. The molecule has 0 unspecified atom stereocenters. The van der Waals surface area contributed by atoms with Gasteiger partial charge in [0.25, 0.3) is 11.1 Å². The predicted molar refractivity (Wildman–Crippen MR) is 102 cm³/mol. The van der Waals surface area contributed by atoms with E-state index in [0.717, 1.165) is 28.8 Å². The van der Waals surface area contributed by atoms with Crippen LogP contribution in [-0.4, -0.2) is 38.8 Å². The standard InChI is InChI=1S/C18H14F3N5O3S/c1-9(30-17-25-24-15(29-17)11-3-2-6-22-11)16(28)26-8-14(27)23-12-7-10(18(19,20)21)4-5-13(12)26/h2-7,9,22H,8H2,1H3,(H,23,27)/t9-/m0/s1. The summed E-state index contributed by atoms with van der Waals surface area (Å²) in [6.45, 7) is 1.28. The van der Waals surface area contributed by atoms with Gasteiger partial charge in [0.15, 0.2) is 0 Å². The van der Waals surface area contributed by atoms with Gasteiger partial charge in [-0.3, -0.25) is 14.5 Å². The zero-order valence-electron chi connectivity index (χ0n) is 15.4. The van der Waals surface area contributed by atoms with Crippen molar-refractivity contribution in [2.45, 2.75) is 23.6 Å². The third kappa shape index (κ3) is 3.90. The van der Waals surface area contributed by atoms with E-state index in [-0.39, 0.29) is 29.0 Å². The average Bonchev–Trinajstić information content (AvgIpc) is 3.37. The second-order valence-electron chi connectivity index (χ2n) is 6.42. The van der Waals surface area contributed by atoms with Crippen LogP contribution in [0.5, 0.6) is 0 Å². The minimum absolute atomic E-state index is 0.0709. The summed E-state index contributed by atoms with van der Waals surface area (Å²) < 4.78 is 44.4. The van der Waals surface area contributed by atoms with Crippen molar-refractivity contribution in [2.24, 2.45) is 0 Å². The van der Waals surface area contributed by atoms with Crippen LogP contribution in [0.1, 0.15) is 12.5 Å². The Balaban J connectivity index is 1.54. The first-order chi connectivity index (χ1) is 14.2. The van der Waals surface area contributed by atoms with Gasteiger partial charge in [-0.15, -0.1) is 10.2 Å². The Labute approximate surface area is 171 Å². The first-order valence-electron chi connectivity index (χ1n) is 8.69. The van der Waals surface area contributed by atoms with Crippen LogP contribution >= 0.6 is 11.8 Å². The lowest BCUT2D eigenvalue weighted by atomic mass is 10.1. The van der Waals surface area contributed by atoms with E-state index in [1.807, 2.05) is 0 Å². The number of hydrogen-bond acceptors (Lipinski definition) is 6.